The van der Waals surface area contributed by atoms with Gasteiger partial charge in [0.1, 0.15) is 23.1 Å². The first-order valence-corrected chi connectivity index (χ1v) is 6.72. The van der Waals surface area contributed by atoms with Crippen LogP contribution < -0.4 is 4.74 Å². The fourth-order valence-electron chi connectivity index (χ4n) is 1.50. The zero-order valence-electron chi connectivity index (χ0n) is 11.6. The number of aromatic hydroxyl groups is 1. The van der Waals surface area contributed by atoms with Crippen molar-refractivity contribution in [3.63, 3.8) is 0 Å². The van der Waals surface area contributed by atoms with Crippen molar-refractivity contribution in [1.82, 2.24) is 0 Å². The quantitative estimate of drug-likeness (QED) is 0.826. The van der Waals surface area contributed by atoms with Gasteiger partial charge in [0.2, 0.25) is 0 Å². The third kappa shape index (κ3) is 4.40. The van der Waals surface area contributed by atoms with E-state index in [0.29, 0.717) is 12.6 Å². The number of halogens is 4. The van der Waals surface area contributed by atoms with Crippen LogP contribution in [0.4, 0.5) is 8.78 Å². The van der Waals surface area contributed by atoms with Gasteiger partial charge < -0.3 is 9.84 Å². The zero-order valence-corrected chi connectivity index (χ0v) is 13.2. The lowest BCUT2D eigenvalue weighted by Crippen LogP contribution is -1.93. The second-order valence-electron chi connectivity index (χ2n) is 4.01. The molecule has 1 N–H and O–H groups in total. The highest BCUT2D eigenvalue weighted by Gasteiger charge is 2.11. The predicted octanol–water partition coefficient (Wildman–Crippen LogP) is 4.30. The number of hydrogen-bond acceptors (Lipinski definition) is 4. The number of phenols is 1. The molecule has 0 aliphatic rings. The lowest BCUT2D eigenvalue weighted by atomic mass is 10.2. The molecule has 0 fully saturated rings. The number of benzene rings is 2. The van der Waals surface area contributed by atoms with Crippen LogP contribution in [0.2, 0.25) is 10.0 Å². The molecule has 0 atom stereocenters. The van der Waals surface area contributed by atoms with Crippen LogP contribution in [0.25, 0.3) is 0 Å². The van der Waals surface area contributed by atoms with Gasteiger partial charge in [0.05, 0.1) is 28.3 Å². The smallest absolute Gasteiger partial charge is 0.155 e. The van der Waals surface area contributed by atoms with Gasteiger partial charge in [0.15, 0.2) is 12.6 Å². The number of carbonyl (C=O) groups is 2. The maximum Gasteiger partial charge on any atom is 0.155 e. The second-order valence-corrected chi connectivity index (χ2v) is 4.76. The highest BCUT2D eigenvalue weighted by Crippen LogP contribution is 2.27. The molecular weight excluding hydrogens is 353 g/mol. The number of methoxy groups -OCH3 is 1. The van der Waals surface area contributed by atoms with E-state index in [1.54, 1.807) is 0 Å². The molecule has 0 radical (unpaired) electrons. The van der Waals surface area contributed by atoms with Gasteiger partial charge in [-0.05, 0) is 24.3 Å². The Bertz CT molecular complexity index is 736. The van der Waals surface area contributed by atoms with E-state index >= 15 is 0 Å². The maximum atomic E-state index is 12.7. The minimum atomic E-state index is -0.716. The van der Waals surface area contributed by atoms with E-state index in [1.807, 2.05) is 0 Å². The molecule has 0 saturated heterocycles. The minimum Gasteiger partial charge on any atom is -0.507 e. The first-order chi connectivity index (χ1) is 10.9. The Morgan fingerprint density at radius 3 is 1.87 bits per heavy atom. The van der Waals surface area contributed by atoms with Crippen LogP contribution in [0.1, 0.15) is 20.7 Å². The Kier molecular flexibility index (Phi) is 6.93. The van der Waals surface area contributed by atoms with Crippen LogP contribution in [0, 0.1) is 11.6 Å². The van der Waals surface area contributed by atoms with Gasteiger partial charge in [-0.1, -0.05) is 23.2 Å². The van der Waals surface area contributed by atoms with E-state index in [0.717, 1.165) is 18.2 Å². The summed E-state index contributed by atoms with van der Waals surface area (Å²) >= 11 is 10.8. The third-order valence-corrected chi connectivity index (χ3v) is 3.43. The van der Waals surface area contributed by atoms with Crippen molar-refractivity contribution < 1.29 is 28.2 Å². The molecule has 8 heteroatoms. The molecule has 2 aromatic rings. The maximum absolute atomic E-state index is 12.7. The molecule has 0 aliphatic carbocycles. The molecule has 0 aromatic heterocycles. The summed E-state index contributed by atoms with van der Waals surface area (Å²) in [5, 5.41) is 8.38. The Balaban J connectivity index is 0.000000231. The molecule has 23 heavy (non-hydrogen) atoms. The number of ether oxygens (including phenoxy) is 1. The standard InChI is InChI=1S/C8H6ClFO2.C7H4ClFO2/c1-12-7-3-2-6(10)8(9)5(7)4-11;8-7-4(3-10)6(11)2-1-5(7)9/h2-4H,1H3;1-3,11H. The number of aldehydes is 2. The summed E-state index contributed by atoms with van der Waals surface area (Å²) in [5.41, 5.74) is -0.175. The van der Waals surface area contributed by atoms with Gasteiger partial charge in [0.25, 0.3) is 0 Å². The summed E-state index contributed by atoms with van der Waals surface area (Å²) in [6.07, 6.45) is 0.769. The van der Waals surface area contributed by atoms with E-state index in [4.69, 9.17) is 33.0 Å². The van der Waals surface area contributed by atoms with Crippen molar-refractivity contribution in [3.05, 3.63) is 57.1 Å². The summed E-state index contributed by atoms with van der Waals surface area (Å²) in [6.45, 7) is 0. The largest absolute Gasteiger partial charge is 0.507 e. The fourth-order valence-corrected chi connectivity index (χ4v) is 1.91. The molecule has 0 amide bonds. The molecule has 4 nitrogen and oxygen atoms in total. The van der Waals surface area contributed by atoms with Crippen molar-refractivity contribution in [3.8, 4) is 11.5 Å². The van der Waals surface area contributed by atoms with Crippen LogP contribution in [0.15, 0.2) is 24.3 Å². The van der Waals surface area contributed by atoms with Crippen LogP contribution in [0.5, 0.6) is 11.5 Å². The lowest BCUT2D eigenvalue weighted by Gasteiger charge is -2.04. The summed E-state index contributed by atoms with van der Waals surface area (Å²) < 4.78 is 30.1. The monoisotopic (exact) mass is 362 g/mol. The molecule has 2 aromatic carbocycles. The van der Waals surface area contributed by atoms with E-state index < -0.39 is 11.6 Å². The van der Waals surface area contributed by atoms with E-state index in [-0.39, 0.29) is 32.7 Å². The Morgan fingerprint density at radius 2 is 1.43 bits per heavy atom. The molecule has 2 rings (SSSR count). The normalized spacial score (nSPS) is 9.61. The highest BCUT2D eigenvalue weighted by molar-refractivity contribution is 6.33. The van der Waals surface area contributed by atoms with Gasteiger partial charge in [-0.15, -0.1) is 0 Å². The number of hydrogen-bond donors (Lipinski definition) is 1. The topological polar surface area (TPSA) is 63.6 Å². The Labute approximate surface area is 140 Å². The van der Waals surface area contributed by atoms with Crippen molar-refractivity contribution in [2.45, 2.75) is 0 Å². The molecular formula is C15H10Cl2F2O4. The summed E-state index contributed by atoms with van der Waals surface area (Å²) in [5.74, 6) is -1.38. The van der Waals surface area contributed by atoms with Crippen LogP contribution in [-0.4, -0.2) is 24.8 Å². The van der Waals surface area contributed by atoms with Gasteiger partial charge in [-0.25, -0.2) is 8.78 Å². The van der Waals surface area contributed by atoms with Gasteiger partial charge in [-0.2, -0.15) is 0 Å². The molecule has 122 valence electrons. The van der Waals surface area contributed by atoms with E-state index in [2.05, 4.69) is 0 Å². The van der Waals surface area contributed by atoms with Crippen LogP contribution >= 0.6 is 23.2 Å². The summed E-state index contributed by atoms with van der Waals surface area (Å²) in [6, 6.07) is 4.56. The molecule has 0 unspecified atom stereocenters. The summed E-state index contributed by atoms with van der Waals surface area (Å²) in [4.78, 5) is 20.6. The highest BCUT2D eigenvalue weighted by atomic mass is 35.5. The van der Waals surface area contributed by atoms with Crippen LogP contribution in [-0.2, 0) is 0 Å². The Hall–Kier alpha value is -2.18. The second kappa shape index (κ2) is 8.45. The first kappa shape index (κ1) is 18.9. The average molecular weight is 363 g/mol. The SMILES string of the molecule is COc1ccc(F)c(Cl)c1C=O.O=Cc1c(O)ccc(F)c1Cl. The van der Waals surface area contributed by atoms with Crippen molar-refractivity contribution >= 4 is 35.8 Å². The first-order valence-electron chi connectivity index (χ1n) is 5.96. The fraction of sp³-hybridized carbons (Fsp3) is 0.0667. The van der Waals surface area contributed by atoms with Crippen molar-refractivity contribution in [1.29, 1.82) is 0 Å². The molecule has 0 saturated carbocycles. The number of rotatable bonds is 3. The van der Waals surface area contributed by atoms with Gasteiger partial charge in [-0.3, -0.25) is 9.59 Å². The van der Waals surface area contributed by atoms with Gasteiger partial charge in [0, 0.05) is 0 Å². The molecule has 0 spiro atoms. The number of phenolic OH excluding ortho intramolecular Hbond substituents is 1. The van der Waals surface area contributed by atoms with E-state index in [1.165, 1.54) is 13.2 Å². The van der Waals surface area contributed by atoms with Gasteiger partial charge >= 0.3 is 0 Å². The minimum absolute atomic E-state index is 0.0409. The summed E-state index contributed by atoms with van der Waals surface area (Å²) in [7, 11) is 1.39. The lowest BCUT2D eigenvalue weighted by molar-refractivity contribution is 0.111. The van der Waals surface area contributed by atoms with Crippen molar-refractivity contribution in [2.24, 2.45) is 0 Å². The Morgan fingerprint density at radius 1 is 0.957 bits per heavy atom. The molecule has 0 heterocycles. The zero-order chi connectivity index (χ0) is 17.6. The molecule has 0 bridgehead atoms. The van der Waals surface area contributed by atoms with Crippen molar-refractivity contribution in [2.75, 3.05) is 7.11 Å². The van der Waals surface area contributed by atoms with E-state index in [9.17, 15) is 18.4 Å². The van der Waals surface area contributed by atoms with Crippen LogP contribution in [0.3, 0.4) is 0 Å². The third-order valence-electron chi connectivity index (χ3n) is 2.66. The average Bonchev–Trinajstić information content (AvgIpc) is 2.55. The molecule has 0 aliphatic heterocycles. The predicted molar refractivity (Wildman–Crippen MR) is 81.8 cm³/mol. The number of carbonyl (C=O) groups excluding carboxylic acids is 2.